The molecular weight excluding hydrogens is 331 g/mol. The van der Waals surface area contributed by atoms with Gasteiger partial charge in [0, 0.05) is 6.20 Å². The number of benzene rings is 1. The molecule has 0 radical (unpaired) electrons. The van der Waals surface area contributed by atoms with E-state index >= 15 is 0 Å². The average Bonchev–Trinajstić information content (AvgIpc) is 2.64. The summed E-state index contributed by atoms with van der Waals surface area (Å²) < 4.78 is 1.81. The summed E-state index contributed by atoms with van der Waals surface area (Å²) in [5, 5.41) is 13.6. The molecule has 0 aliphatic carbocycles. The Balaban J connectivity index is 2.50. The van der Waals surface area contributed by atoms with Gasteiger partial charge in [-0.05, 0) is 34.1 Å². The highest BCUT2D eigenvalue weighted by Gasteiger charge is 2.14. The maximum absolute atomic E-state index is 10.8. The topological polar surface area (TPSA) is 55.1 Å². The van der Waals surface area contributed by atoms with Gasteiger partial charge < -0.3 is 5.11 Å². The number of carboxylic acid groups (broad SMARTS) is 1. The summed E-state index contributed by atoms with van der Waals surface area (Å²) in [6.45, 7) is 0. The van der Waals surface area contributed by atoms with Crippen molar-refractivity contribution in [1.82, 2.24) is 9.78 Å². The Bertz CT molecular complexity index is 598. The van der Waals surface area contributed by atoms with E-state index in [-0.39, 0.29) is 5.69 Å². The van der Waals surface area contributed by atoms with E-state index in [1.54, 1.807) is 24.4 Å². The van der Waals surface area contributed by atoms with E-state index < -0.39 is 5.97 Å². The molecule has 1 heterocycles. The van der Waals surface area contributed by atoms with E-state index in [2.05, 4.69) is 21.0 Å². The van der Waals surface area contributed by atoms with Crippen molar-refractivity contribution < 1.29 is 9.90 Å². The molecule has 1 aromatic heterocycles. The van der Waals surface area contributed by atoms with Crippen LogP contribution in [0.5, 0.6) is 0 Å². The van der Waals surface area contributed by atoms with Crippen LogP contribution in [-0.2, 0) is 0 Å². The molecule has 2 rings (SSSR count). The second kappa shape index (κ2) is 4.68. The molecule has 0 bridgehead atoms. The van der Waals surface area contributed by atoms with Gasteiger partial charge in [-0.3, -0.25) is 0 Å². The van der Waals surface area contributed by atoms with Crippen molar-refractivity contribution >= 4 is 45.1 Å². The van der Waals surface area contributed by atoms with Gasteiger partial charge in [0.25, 0.3) is 0 Å². The lowest BCUT2D eigenvalue weighted by Gasteiger charge is -2.02. The number of aromatic carboxylic acids is 1. The Morgan fingerprint density at radius 2 is 2.06 bits per heavy atom. The maximum atomic E-state index is 10.8. The molecular formula is C10H5BrCl2N2O2. The zero-order valence-electron chi connectivity index (χ0n) is 8.19. The molecule has 0 fully saturated rings. The lowest BCUT2D eigenvalue weighted by atomic mass is 10.3. The second-order valence-electron chi connectivity index (χ2n) is 3.17. The number of aromatic nitrogens is 2. The van der Waals surface area contributed by atoms with Crippen LogP contribution in [0.3, 0.4) is 0 Å². The normalized spacial score (nSPS) is 10.5. The van der Waals surface area contributed by atoms with Gasteiger partial charge in [-0.15, -0.1) is 0 Å². The van der Waals surface area contributed by atoms with E-state index in [4.69, 9.17) is 28.3 Å². The Labute approximate surface area is 115 Å². The number of rotatable bonds is 2. The zero-order valence-corrected chi connectivity index (χ0v) is 11.3. The minimum Gasteiger partial charge on any atom is -0.476 e. The summed E-state index contributed by atoms with van der Waals surface area (Å²) in [7, 11) is 0. The lowest BCUT2D eigenvalue weighted by molar-refractivity contribution is 0.0689. The fourth-order valence-electron chi connectivity index (χ4n) is 1.26. The van der Waals surface area contributed by atoms with Crippen LogP contribution in [0, 0.1) is 0 Å². The molecule has 17 heavy (non-hydrogen) atoms. The van der Waals surface area contributed by atoms with Gasteiger partial charge in [0.05, 0.1) is 20.2 Å². The Hall–Kier alpha value is -1.04. The molecule has 0 aliphatic rings. The summed E-state index contributed by atoms with van der Waals surface area (Å²) in [4.78, 5) is 10.8. The van der Waals surface area contributed by atoms with Crippen molar-refractivity contribution in [3.8, 4) is 5.69 Å². The first-order valence-corrected chi connectivity index (χ1v) is 5.98. The number of nitrogens with zero attached hydrogens (tertiary/aromatic N) is 2. The van der Waals surface area contributed by atoms with Crippen LogP contribution < -0.4 is 0 Å². The third-order valence-corrected chi connectivity index (χ3v) is 3.36. The molecule has 0 saturated heterocycles. The molecule has 0 saturated carbocycles. The highest BCUT2D eigenvalue weighted by Crippen LogP contribution is 2.25. The predicted molar refractivity (Wildman–Crippen MR) is 68.2 cm³/mol. The molecule has 7 heteroatoms. The molecule has 0 spiro atoms. The van der Waals surface area contributed by atoms with Crippen LogP contribution in [0.2, 0.25) is 10.0 Å². The number of hydrogen-bond donors (Lipinski definition) is 1. The third-order valence-electron chi connectivity index (χ3n) is 2.04. The summed E-state index contributed by atoms with van der Waals surface area (Å²) in [6, 6.07) is 4.92. The SMILES string of the molecule is O=C(O)c1nn(-c2ccc(Cl)c(Cl)c2)cc1Br. The van der Waals surface area contributed by atoms with Gasteiger partial charge in [0.1, 0.15) is 0 Å². The third kappa shape index (κ3) is 2.46. The summed E-state index contributed by atoms with van der Waals surface area (Å²) in [6.07, 6.45) is 1.54. The van der Waals surface area contributed by atoms with Gasteiger partial charge in [0.2, 0.25) is 0 Å². The highest BCUT2D eigenvalue weighted by atomic mass is 79.9. The first-order valence-electron chi connectivity index (χ1n) is 4.43. The van der Waals surface area contributed by atoms with E-state index in [0.29, 0.717) is 20.2 Å². The van der Waals surface area contributed by atoms with Crippen molar-refractivity contribution in [2.24, 2.45) is 0 Å². The Kier molecular flexibility index (Phi) is 3.42. The van der Waals surface area contributed by atoms with Crippen molar-refractivity contribution in [2.75, 3.05) is 0 Å². The monoisotopic (exact) mass is 334 g/mol. The van der Waals surface area contributed by atoms with Crippen LogP contribution in [0.15, 0.2) is 28.9 Å². The zero-order chi connectivity index (χ0) is 12.6. The van der Waals surface area contributed by atoms with Crippen LogP contribution >= 0.6 is 39.1 Å². The number of hydrogen-bond acceptors (Lipinski definition) is 2. The van der Waals surface area contributed by atoms with Gasteiger partial charge in [-0.25, -0.2) is 9.48 Å². The van der Waals surface area contributed by atoms with Gasteiger partial charge in [-0.2, -0.15) is 5.10 Å². The summed E-state index contributed by atoms with van der Waals surface area (Å²) >= 11 is 14.8. The van der Waals surface area contributed by atoms with Gasteiger partial charge in [-0.1, -0.05) is 23.2 Å². The number of halogens is 3. The summed E-state index contributed by atoms with van der Waals surface area (Å²) in [5.74, 6) is -1.10. The highest BCUT2D eigenvalue weighted by molar-refractivity contribution is 9.10. The van der Waals surface area contributed by atoms with E-state index in [9.17, 15) is 4.79 Å². The molecule has 88 valence electrons. The van der Waals surface area contributed by atoms with Crippen molar-refractivity contribution in [3.63, 3.8) is 0 Å². The first kappa shape index (κ1) is 12.4. The number of carboxylic acids is 1. The molecule has 0 unspecified atom stereocenters. The van der Waals surface area contributed by atoms with E-state index in [0.717, 1.165) is 0 Å². The fourth-order valence-corrected chi connectivity index (χ4v) is 1.99. The minimum absolute atomic E-state index is 0.0592. The lowest BCUT2D eigenvalue weighted by Crippen LogP contribution is -2.01. The van der Waals surface area contributed by atoms with Crippen molar-refractivity contribution in [3.05, 3.63) is 44.6 Å². The Morgan fingerprint density at radius 1 is 1.35 bits per heavy atom. The molecule has 1 aromatic carbocycles. The van der Waals surface area contributed by atoms with E-state index in [1.807, 2.05) is 0 Å². The van der Waals surface area contributed by atoms with Gasteiger partial charge in [0.15, 0.2) is 5.69 Å². The largest absolute Gasteiger partial charge is 0.476 e. The molecule has 0 atom stereocenters. The number of carbonyl (C=O) groups is 1. The smallest absolute Gasteiger partial charge is 0.357 e. The van der Waals surface area contributed by atoms with Crippen molar-refractivity contribution in [1.29, 1.82) is 0 Å². The maximum Gasteiger partial charge on any atom is 0.357 e. The predicted octanol–water partition coefficient (Wildman–Crippen LogP) is 3.64. The standard InChI is InChI=1S/C10H5BrCl2N2O2/c11-6-4-15(14-9(6)10(16)17)5-1-2-7(12)8(13)3-5/h1-4H,(H,16,17). The molecule has 0 amide bonds. The summed E-state index contributed by atoms with van der Waals surface area (Å²) in [5.41, 5.74) is 0.573. The average molecular weight is 336 g/mol. The Morgan fingerprint density at radius 3 is 2.59 bits per heavy atom. The van der Waals surface area contributed by atoms with Crippen LogP contribution in [-0.4, -0.2) is 20.9 Å². The first-order chi connectivity index (χ1) is 7.99. The van der Waals surface area contributed by atoms with E-state index in [1.165, 1.54) is 4.68 Å². The second-order valence-corrected chi connectivity index (χ2v) is 4.84. The van der Waals surface area contributed by atoms with Crippen molar-refractivity contribution in [2.45, 2.75) is 0 Å². The molecule has 1 N–H and O–H groups in total. The fraction of sp³-hybridized carbons (Fsp3) is 0. The van der Waals surface area contributed by atoms with Crippen LogP contribution in [0.25, 0.3) is 5.69 Å². The molecule has 0 aliphatic heterocycles. The molecule has 2 aromatic rings. The quantitative estimate of drug-likeness (QED) is 0.911. The minimum atomic E-state index is -1.10. The van der Waals surface area contributed by atoms with Crippen LogP contribution in [0.4, 0.5) is 0 Å². The van der Waals surface area contributed by atoms with Gasteiger partial charge >= 0.3 is 5.97 Å². The molecule has 4 nitrogen and oxygen atoms in total. The van der Waals surface area contributed by atoms with Crippen LogP contribution in [0.1, 0.15) is 10.5 Å².